The number of nitrogens with one attached hydrogen (secondary N) is 1. The molecule has 0 bridgehead atoms. The number of nitrogens with zero attached hydrogens (tertiary/aromatic N) is 1. The highest BCUT2D eigenvalue weighted by molar-refractivity contribution is 7.09. The highest BCUT2D eigenvalue weighted by Gasteiger charge is 2.00. The molecular formula is C13H16N2OS. The van der Waals surface area contributed by atoms with Crippen LogP contribution in [-0.2, 0) is 13.0 Å². The average Bonchev–Trinajstić information content (AvgIpc) is 2.84. The first-order valence-electron chi connectivity index (χ1n) is 5.63. The van der Waals surface area contributed by atoms with E-state index in [2.05, 4.69) is 22.6 Å². The number of methoxy groups -OCH3 is 1. The van der Waals surface area contributed by atoms with Gasteiger partial charge in [-0.25, -0.2) is 4.98 Å². The first-order valence-corrected chi connectivity index (χ1v) is 6.51. The van der Waals surface area contributed by atoms with Crippen LogP contribution in [0, 0.1) is 0 Å². The first-order chi connectivity index (χ1) is 8.31. The summed E-state index contributed by atoms with van der Waals surface area (Å²) in [6.07, 6.45) is 1.00. The fourth-order valence-electron chi connectivity index (χ4n) is 1.52. The van der Waals surface area contributed by atoms with E-state index in [0.29, 0.717) is 0 Å². The van der Waals surface area contributed by atoms with Crippen molar-refractivity contribution in [3.05, 3.63) is 40.3 Å². The van der Waals surface area contributed by atoms with Crippen molar-refractivity contribution in [1.82, 2.24) is 4.98 Å². The van der Waals surface area contributed by atoms with E-state index in [1.165, 1.54) is 5.01 Å². The van der Waals surface area contributed by atoms with Crippen LogP contribution in [0.2, 0.25) is 0 Å². The van der Waals surface area contributed by atoms with Crippen LogP contribution in [0.5, 0.6) is 5.75 Å². The molecule has 2 rings (SSSR count). The molecule has 0 aliphatic rings. The van der Waals surface area contributed by atoms with E-state index in [1.807, 2.05) is 24.3 Å². The summed E-state index contributed by atoms with van der Waals surface area (Å²) in [7, 11) is 1.67. The van der Waals surface area contributed by atoms with Gasteiger partial charge in [-0.1, -0.05) is 13.0 Å². The van der Waals surface area contributed by atoms with Gasteiger partial charge in [0.05, 0.1) is 24.4 Å². The van der Waals surface area contributed by atoms with Gasteiger partial charge in [0, 0.05) is 17.1 Å². The molecule has 0 unspecified atom stereocenters. The topological polar surface area (TPSA) is 34.2 Å². The minimum absolute atomic E-state index is 0.754. The number of anilines is 1. The van der Waals surface area contributed by atoms with Crippen LogP contribution in [-0.4, -0.2) is 12.1 Å². The molecule has 90 valence electrons. The molecule has 0 saturated heterocycles. The van der Waals surface area contributed by atoms with Crippen molar-refractivity contribution in [2.24, 2.45) is 0 Å². The summed E-state index contributed by atoms with van der Waals surface area (Å²) in [5.41, 5.74) is 2.14. The molecule has 1 aromatic heterocycles. The summed E-state index contributed by atoms with van der Waals surface area (Å²) >= 11 is 1.72. The lowest BCUT2D eigenvalue weighted by Crippen LogP contribution is -2.00. The number of ether oxygens (including phenoxy) is 1. The Morgan fingerprint density at radius 1 is 1.41 bits per heavy atom. The van der Waals surface area contributed by atoms with E-state index < -0.39 is 0 Å². The Balaban J connectivity index is 1.96. The Kier molecular flexibility index (Phi) is 3.98. The summed E-state index contributed by atoms with van der Waals surface area (Å²) in [4.78, 5) is 4.51. The molecule has 0 aliphatic heterocycles. The van der Waals surface area contributed by atoms with Crippen LogP contribution in [0.25, 0.3) is 0 Å². The number of hydrogen-bond acceptors (Lipinski definition) is 4. The Labute approximate surface area is 105 Å². The van der Waals surface area contributed by atoms with Crippen molar-refractivity contribution < 1.29 is 4.74 Å². The van der Waals surface area contributed by atoms with Crippen molar-refractivity contribution in [3.8, 4) is 5.75 Å². The zero-order chi connectivity index (χ0) is 12.1. The molecule has 0 aliphatic carbocycles. The van der Waals surface area contributed by atoms with Gasteiger partial charge in [0.15, 0.2) is 0 Å². The summed E-state index contributed by atoms with van der Waals surface area (Å²) in [6.45, 7) is 2.88. The molecule has 1 heterocycles. The van der Waals surface area contributed by atoms with Crippen LogP contribution in [0.15, 0.2) is 29.6 Å². The van der Waals surface area contributed by atoms with Gasteiger partial charge in [0.1, 0.15) is 5.75 Å². The maximum atomic E-state index is 5.17. The third-order valence-corrected chi connectivity index (χ3v) is 3.49. The molecule has 0 spiro atoms. The van der Waals surface area contributed by atoms with Crippen molar-refractivity contribution in [3.63, 3.8) is 0 Å². The van der Waals surface area contributed by atoms with Gasteiger partial charge in [-0.05, 0) is 18.6 Å². The number of aromatic nitrogens is 1. The molecule has 17 heavy (non-hydrogen) atoms. The molecular weight excluding hydrogens is 232 g/mol. The molecule has 2 aromatic rings. The molecule has 1 N–H and O–H groups in total. The third kappa shape index (κ3) is 3.20. The summed E-state index contributed by atoms with van der Waals surface area (Å²) in [5.74, 6) is 0.863. The van der Waals surface area contributed by atoms with Gasteiger partial charge in [-0.2, -0.15) is 0 Å². The maximum Gasteiger partial charge on any atom is 0.120 e. The van der Waals surface area contributed by atoms with Crippen molar-refractivity contribution in [2.45, 2.75) is 19.9 Å². The number of aryl methyl sites for hydroxylation is 1. The summed E-state index contributed by atoms with van der Waals surface area (Å²) in [6, 6.07) is 7.91. The van der Waals surface area contributed by atoms with E-state index >= 15 is 0 Å². The second-order valence-electron chi connectivity index (χ2n) is 3.67. The summed E-state index contributed by atoms with van der Waals surface area (Å²) in [5, 5.41) is 6.63. The van der Waals surface area contributed by atoms with Gasteiger partial charge in [-0.15, -0.1) is 11.3 Å². The van der Waals surface area contributed by atoms with Gasteiger partial charge in [0.2, 0.25) is 0 Å². The lowest BCUT2D eigenvalue weighted by Gasteiger charge is -2.06. The zero-order valence-corrected chi connectivity index (χ0v) is 10.9. The molecule has 0 amide bonds. The SMILES string of the molecule is CCc1nc(CNc2cccc(OC)c2)cs1. The van der Waals surface area contributed by atoms with E-state index in [1.54, 1.807) is 18.4 Å². The first kappa shape index (κ1) is 11.9. The second kappa shape index (κ2) is 5.68. The third-order valence-electron chi connectivity index (χ3n) is 2.45. The Morgan fingerprint density at radius 3 is 3.00 bits per heavy atom. The second-order valence-corrected chi connectivity index (χ2v) is 4.61. The molecule has 0 saturated carbocycles. The number of rotatable bonds is 5. The number of thiazole rings is 1. The van der Waals surface area contributed by atoms with Gasteiger partial charge < -0.3 is 10.1 Å². The molecule has 0 fully saturated rings. The molecule has 3 nitrogen and oxygen atoms in total. The van der Waals surface area contributed by atoms with Gasteiger partial charge >= 0.3 is 0 Å². The summed E-state index contributed by atoms with van der Waals surface area (Å²) < 4.78 is 5.17. The van der Waals surface area contributed by atoms with Crippen LogP contribution in [0.1, 0.15) is 17.6 Å². The normalized spacial score (nSPS) is 10.2. The fourth-order valence-corrected chi connectivity index (χ4v) is 2.26. The lowest BCUT2D eigenvalue weighted by molar-refractivity contribution is 0.415. The smallest absolute Gasteiger partial charge is 0.120 e. The number of benzene rings is 1. The molecule has 4 heteroatoms. The zero-order valence-electron chi connectivity index (χ0n) is 10.1. The van der Waals surface area contributed by atoms with Crippen LogP contribution in [0.3, 0.4) is 0 Å². The monoisotopic (exact) mass is 248 g/mol. The Hall–Kier alpha value is -1.55. The maximum absolute atomic E-state index is 5.17. The highest BCUT2D eigenvalue weighted by Crippen LogP contribution is 2.18. The fraction of sp³-hybridized carbons (Fsp3) is 0.308. The van der Waals surface area contributed by atoms with Gasteiger partial charge in [-0.3, -0.25) is 0 Å². The van der Waals surface area contributed by atoms with Crippen LogP contribution >= 0.6 is 11.3 Å². The van der Waals surface area contributed by atoms with E-state index in [9.17, 15) is 0 Å². The van der Waals surface area contributed by atoms with Crippen molar-refractivity contribution in [2.75, 3.05) is 12.4 Å². The van der Waals surface area contributed by atoms with Gasteiger partial charge in [0.25, 0.3) is 0 Å². The van der Waals surface area contributed by atoms with Crippen LogP contribution < -0.4 is 10.1 Å². The minimum atomic E-state index is 0.754. The van der Waals surface area contributed by atoms with E-state index in [0.717, 1.165) is 30.1 Å². The van der Waals surface area contributed by atoms with E-state index in [-0.39, 0.29) is 0 Å². The predicted octanol–water partition coefficient (Wildman–Crippen LogP) is 3.33. The van der Waals surface area contributed by atoms with Crippen LogP contribution in [0.4, 0.5) is 5.69 Å². The van der Waals surface area contributed by atoms with Crippen molar-refractivity contribution >= 4 is 17.0 Å². The Bertz CT molecular complexity index is 482. The minimum Gasteiger partial charge on any atom is -0.497 e. The quantitative estimate of drug-likeness (QED) is 0.881. The van der Waals surface area contributed by atoms with Crippen molar-refractivity contribution in [1.29, 1.82) is 0 Å². The lowest BCUT2D eigenvalue weighted by atomic mass is 10.3. The molecule has 0 atom stereocenters. The standard InChI is InChI=1S/C13H16N2OS/c1-3-13-15-11(9-17-13)8-14-10-5-4-6-12(7-10)16-2/h4-7,9,14H,3,8H2,1-2H3. The largest absolute Gasteiger partial charge is 0.497 e. The highest BCUT2D eigenvalue weighted by atomic mass is 32.1. The molecule has 0 radical (unpaired) electrons. The number of hydrogen-bond donors (Lipinski definition) is 1. The average molecular weight is 248 g/mol. The molecule has 1 aromatic carbocycles. The Morgan fingerprint density at radius 2 is 2.29 bits per heavy atom. The van der Waals surface area contributed by atoms with E-state index in [4.69, 9.17) is 4.74 Å². The predicted molar refractivity (Wildman–Crippen MR) is 71.8 cm³/mol.